The number of aromatic nitrogens is 3. The minimum Gasteiger partial charge on any atom is -0.497 e. The fourth-order valence-electron chi connectivity index (χ4n) is 4.27. The van der Waals surface area contributed by atoms with Gasteiger partial charge in [0, 0.05) is 56.9 Å². The molecule has 2 aromatic heterocycles. The third-order valence-corrected chi connectivity index (χ3v) is 6.19. The van der Waals surface area contributed by atoms with Gasteiger partial charge in [-0.3, -0.25) is 14.7 Å². The zero-order chi connectivity index (χ0) is 24.2. The van der Waals surface area contributed by atoms with Gasteiger partial charge in [0.15, 0.2) is 0 Å². The van der Waals surface area contributed by atoms with E-state index in [0.29, 0.717) is 35.8 Å². The highest BCUT2D eigenvalue weighted by molar-refractivity contribution is 6.00. The van der Waals surface area contributed by atoms with Crippen LogP contribution in [0.4, 0.5) is 4.39 Å². The molecule has 0 atom stereocenters. The van der Waals surface area contributed by atoms with Crippen LogP contribution in [0.15, 0.2) is 79.3 Å². The van der Waals surface area contributed by atoms with Crippen molar-refractivity contribution in [3.63, 3.8) is 0 Å². The van der Waals surface area contributed by atoms with E-state index in [1.165, 1.54) is 17.7 Å². The van der Waals surface area contributed by atoms with E-state index in [2.05, 4.69) is 9.88 Å². The molecule has 7 nitrogen and oxygen atoms in total. The highest BCUT2D eigenvalue weighted by Gasteiger charge is 2.27. The Labute approximate surface area is 203 Å². The molecule has 1 aliphatic rings. The van der Waals surface area contributed by atoms with Crippen LogP contribution in [0.1, 0.15) is 15.9 Å². The Bertz CT molecular complexity index is 1300. The van der Waals surface area contributed by atoms with Crippen molar-refractivity contribution in [2.24, 2.45) is 0 Å². The molecule has 5 rings (SSSR count). The number of carbonyl (C=O) groups is 1. The van der Waals surface area contributed by atoms with E-state index in [9.17, 15) is 9.18 Å². The lowest BCUT2D eigenvalue weighted by Crippen LogP contribution is -2.48. The first-order valence-corrected chi connectivity index (χ1v) is 11.5. The van der Waals surface area contributed by atoms with Crippen molar-refractivity contribution in [1.29, 1.82) is 0 Å². The van der Waals surface area contributed by atoms with Crippen molar-refractivity contribution < 1.29 is 13.9 Å². The van der Waals surface area contributed by atoms with Crippen LogP contribution in [0.2, 0.25) is 0 Å². The van der Waals surface area contributed by atoms with E-state index in [0.717, 1.165) is 25.2 Å². The third-order valence-electron chi connectivity index (χ3n) is 6.19. The van der Waals surface area contributed by atoms with Crippen LogP contribution in [-0.4, -0.2) is 63.8 Å². The van der Waals surface area contributed by atoms with Gasteiger partial charge in [-0.1, -0.05) is 12.1 Å². The monoisotopic (exact) mass is 471 g/mol. The first kappa shape index (κ1) is 22.7. The Kier molecular flexibility index (Phi) is 6.54. The molecule has 0 unspecified atom stereocenters. The molecule has 1 aliphatic heterocycles. The summed E-state index contributed by atoms with van der Waals surface area (Å²) in [6, 6.07) is 17.6. The number of benzene rings is 2. The highest BCUT2D eigenvalue weighted by Crippen LogP contribution is 2.28. The number of ether oxygens (including phenoxy) is 1. The maximum Gasteiger partial charge on any atom is 0.257 e. The van der Waals surface area contributed by atoms with Crippen LogP contribution < -0.4 is 4.74 Å². The molecule has 0 N–H and O–H groups in total. The topological polar surface area (TPSA) is 63.5 Å². The molecule has 0 radical (unpaired) electrons. The minimum atomic E-state index is -0.324. The van der Waals surface area contributed by atoms with E-state index in [-0.39, 0.29) is 11.7 Å². The molecule has 0 spiro atoms. The van der Waals surface area contributed by atoms with E-state index >= 15 is 0 Å². The number of hydrogen-bond donors (Lipinski definition) is 0. The summed E-state index contributed by atoms with van der Waals surface area (Å²) >= 11 is 0. The zero-order valence-corrected chi connectivity index (χ0v) is 19.5. The molecule has 2 aromatic carbocycles. The maximum atomic E-state index is 13.7. The van der Waals surface area contributed by atoms with Crippen LogP contribution in [-0.2, 0) is 6.54 Å². The van der Waals surface area contributed by atoms with Crippen molar-refractivity contribution >= 4 is 5.91 Å². The van der Waals surface area contributed by atoms with Crippen molar-refractivity contribution in [3.05, 3.63) is 96.2 Å². The number of nitrogens with zero attached hydrogens (tertiary/aromatic N) is 5. The van der Waals surface area contributed by atoms with Gasteiger partial charge in [-0.05, 0) is 54.1 Å². The van der Waals surface area contributed by atoms with Crippen molar-refractivity contribution in [1.82, 2.24) is 24.6 Å². The van der Waals surface area contributed by atoms with Crippen molar-refractivity contribution in [2.75, 3.05) is 33.3 Å². The van der Waals surface area contributed by atoms with E-state index in [1.807, 2.05) is 41.3 Å². The van der Waals surface area contributed by atoms with Gasteiger partial charge in [0.1, 0.15) is 17.3 Å². The summed E-state index contributed by atoms with van der Waals surface area (Å²) < 4.78 is 20.5. The summed E-state index contributed by atoms with van der Waals surface area (Å²) in [6.07, 6.45) is 5.33. The number of rotatable bonds is 6. The number of halogens is 1. The molecule has 178 valence electrons. The molecule has 8 heteroatoms. The standard InChI is InChI=1S/C27H26FN5O2/c1-35-24-4-2-3-21(17-24)26-25(19-33(30-26)23-7-5-22(28)6-8-23)27(34)32-15-13-31(14-16-32)18-20-9-11-29-12-10-20/h2-12,17,19H,13-16,18H2,1H3. The van der Waals surface area contributed by atoms with Crippen LogP contribution in [0.3, 0.4) is 0 Å². The molecule has 0 saturated carbocycles. The van der Waals surface area contributed by atoms with Crippen molar-refractivity contribution in [2.45, 2.75) is 6.54 Å². The second kappa shape index (κ2) is 10.1. The molecular weight excluding hydrogens is 445 g/mol. The molecule has 0 aliphatic carbocycles. The lowest BCUT2D eigenvalue weighted by molar-refractivity contribution is 0.0629. The smallest absolute Gasteiger partial charge is 0.257 e. The number of amides is 1. The van der Waals surface area contributed by atoms with E-state index in [1.54, 1.807) is 42.5 Å². The fraction of sp³-hybridized carbons (Fsp3) is 0.222. The summed E-state index contributed by atoms with van der Waals surface area (Å²) in [7, 11) is 1.60. The number of piperazine rings is 1. The van der Waals surface area contributed by atoms with Gasteiger partial charge in [0.2, 0.25) is 0 Å². The molecule has 1 fully saturated rings. The van der Waals surface area contributed by atoms with Gasteiger partial charge >= 0.3 is 0 Å². The van der Waals surface area contributed by atoms with Gasteiger partial charge in [0.25, 0.3) is 5.91 Å². The van der Waals surface area contributed by atoms with Gasteiger partial charge in [-0.15, -0.1) is 0 Å². The van der Waals surface area contributed by atoms with Crippen LogP contribution in [0.5, 0.6) is 5.75 Å². The van der Waals surface area contributed by atoms with Crippen LogP contribution in [0.25, 0.3) is 16.9 Å². The average molecular weight is 472 g/mol. The summed E-state index contributed by atoms with van der Waals surface area (Å²) in [5.41, 5.74) is 3.74. The Morgan fingerprint density at radius 3 is 2.46 bits per heavy atom. The lowest BCUT2D eigenvalue weighted by atomic mass is 10.1. The summed E-state index contributed by atoms with van der Waals surface area (Å²) in [5, 5.41) is 4.72. The number of pyridine rings is 1. The van der Waals surface area contributed by atoms with E-state index in [4.69, 9.17) is 9.84 Å². The SMILES string of the molecule is COc1cccc(-c2nn(-c3ccc(F)cc3)cc2C(=O)N2CCN(Cc3ccncc3)CC2)c1. The Morgan fingerprint density at radius 2 is 1.74 bits per heavy atom. The molecular formula is C27H26FN5O2. The summed E-state index contributed by atoms with van der Waals surface area (Å²) in [6.45, 7) is 3.66. The fourth-order valence-corrected chi connectivity index (χ4v) is 4.27. The quantitative estimate of drug-likeness (QED) is 0.425. The molecule has 4 aromatic rings. The number of carbonyl (C=O) groups excluding carboxylic acids is 1. The normalized spacial score (nSPS) is 14.2. The number of methoxy groups -OCH3 is 1. The summed E-state index contributed by atoms with van der Waals surface area (Å²) in [4.78, 5) is 22.0. The first-order chi connectivity index (χ1) is 17.1. The molecule has 1 amide bonds. The molecule has 1 saturated heterocycles. The zero-order valence-electron chi connectivity index (χ0n) is 19.5. The Hall–Kier alpha value is -4.04. The van der Waals surface area contributed by atoms with Gasteiger partial charge in [-0.2, -0.15) is 5.10 Å². The Balaban J connectivity index is 1.40. The Morgan fingerprint density at radius 1 is 1.00 bits per heavy atom. The number of hydrogen-bond acceptors (Lipinski definition) is 5. The van der Waals surface area contributed by atoms with Gasteiger partial charge in [0.05, 0.1) is 18.4 Å². The predicted octanol–water partition coefficient (Wildman–Crippen LogP) is 4.04. The van der Waals surface area contributed by atoms with Gasteiger partial charge < -0.3 is 9.64 Å². The molecule has 3 heterocycles. The first-order valence-electron chi connectivity index (χ1n) is 11.5. The summed E-state index contributed by atoms with van der Waals surface area (Å²) in [5.74, 6) is 0.288. The lowest BCUT2D eigenvalue weighted by Gasteiger charge is -2.34. The largest absolute Gasteiger partial charge is 0.497 e. The molecule has 0 bridgehead atoms. The van der Waals surface area contributed by atoms with Gasteiger partial charge in [-0.25, -0.2) is 9.07 Å². The second-order valence-electron chi connectivity index (χ2n) is 8.47. The predicted molar refractivity (Wildman–Crippen MR) is 131 cm³/mol. The van der Waals surface area contributed by atoms with Crippen LogP contribution >= 0.6 is 0 Å². The maximum absolute atomic E-state index is 13.7. The second-order valence-corrected chi connectivity index (χ2v) is 8.47. The van der Waals surface area contributed by atoms with Crippen molar-refractivity contribution in [3.8, 4) is 22.7 Å². The third kappa shape index (κ3) is 5.07. The van der Waals surface area contributed by atoms with E-state index < -0.39 is 0 Å². The highest BCUT2D eigenvalue weighted by atomic mass is 19.1. The van der Waals surface area contributed by atoms with Crippen LogP contribution in [0, 0.1) is 5.82 Å². The molecule has 35 heavy (non-hydrogen) atoms. The minimum absolute atomic E-state index is 0.0697. The average Bonchev–Trinajstić information content (AvgIpc) is 3.35.